The molecular weight excluding hydrogens is 337 g/mol. The fraction of sp³-hybridized carbons (Fsp3) is 0.714. The van der Waals surface area contributed by atoms with E-state index in [0.29, 0.717) is 5.92 Å². The Kier molecular flexibility index (Phi) is 4.14. The highest BCUT2D eigenvalue weighted by Gasteiger charge is 2.42. The standard InChI is InChI=1S/C14H22IN3/c1-5-16-12-11(15)10(8-9(2)3)17-13(18-12)14(4)6-7-14/h9H,5-8H2,1-4H3,(H,16,17,18). The van der Waals surface area contributed by atoms with Crippen molar-refractivity contribution in [3.63, 3.8) is 0 Å². The second-order valence-corrected chi connectivity index (χ2v) is 6.92. The van der Waals surface area contributed by atoms with Gasteiger partial charge in [0.1, 0.15) is 11.6 Å². The van der Waals surface area contributed by atoms with Gasteiger partial charge in [-0.05, 0) is 54.7 Å². The fourth-order valence-corrected chi connectivity index (χ4v) is 2.63. The predicted molar refractivity (Wildman–Crippen MR) is 84.0 cm³/mol. The molecule has 1 fully saturated rings. The van der Waals surface area contributed by atoms with Gasteiger partial charge < -0.3 is 5.32 Å². The van der Waals surface area contributed by atoms with Crippen LogP contribution in [0.1, 0.15) is 52.1 Å². The lowest BCUT2D eigenvalue weighted by molar-refractivity contribution is 0.616. The minimum atomic E-state index is 0.236. The zero-order valence-corrected chi connectivity index (χ0v) is 13.8. The van der Waals surface area contributed by atoms with E-state index in [4.69, 9.17) is 9.97 Å². The zero-order valence-electron chi connectivity index (χ0n) is 11.7. The lowest BCUT2D eigenvalue weighted by Crippen LogP contribution is -2.15. The Bertz CT molecular complexity index is 439. The summed E-state index contributed by atoms with van der Waals surface area (Å²) in [6.07, 6.45) is 3.48. The van der Waals surface area contributed by atoms with Crippen molar-refractivity contribution in [2.24, 2.45) is 5.92 Å². The number of hydrogen-bond donors (Lipinski definition) is 1. The van der Waals surface area contributed by atoms with Crippen LogP contribution >= 0.6 is 22.6 Å². The first kappa shape index (κ1) is 14.0. The maximum Gasteiger partial charge on any atom is 0.143 e. The topological polar surface area (TPSA) is 37.8 Å². The highest BCUT2D eigenvalue weighted by atomic mass is 127. The Hall–Kier alpha value is -0.390. The summed E-state index contributed by atoms with van der Waals surface area (Å²) in [4.78, 5) is 9.56. The number of halogens is 1. The summed E-state index contributed by atoms with van der Waals surface area (Å²) in [7, 11) is 0. The largest absolute Gasteiger partial charge is 0.369 e. The number of aromatic nitrogens is 2. The third-order valence-electron chi connectivity index (χ3n) is 3.41. The molecule has 0 bridgehead atoms. The molecule has 1 N–H and O–H groups in total. The van der Waals surface area contributed by atoms with E-state index in [1.54, 1.807) is 0 Å². The summed E-state index contributed by atoms with van der Waals surface area (Å²) in [5, 5.41) is 3.37. The van der Waals surface area contributed by atoms with E-state index in [9.17, 15) is 0 Å². The van der Waals surface area contributed by atoms with E-state index in [1.165, 1.54) is 22.1 Å². The van der Waals surface area contributed by atoms with E-state index in [0.717, 1.165) is 24.6 Å². The molecule has 1 heterocycles. The molecular formula is C14H22IN3. The molecule has 0 aromatic carbocycles. The molecule has 2 rings (SSSR count). The molecule has 0 radical (unpaired) electrons. The average molecular weight is 359 g/mol. The summed E-state index contributed by atoms with van der Waals surface area (Å²) < 4.78 is 1.19. The predicted octanol–water partition coefficient (Wildman–Crippen LogP) is 3.76. The Morgan fingerprint density at radius 1 is 1.33 bits per heavy atom. The van der Waals surface area contributed by atoms with Crippen LogP contribution in [0.25, 0.3) is 0 Å². The van der Waals surface area contributed by atoms with E-state index >= 15 is 0 Å². The van der Waals surface area contributed by atoms with Crippen LogP contribution in [0.15, 0.2) is 0 Å². The van der Waals surface area contributed by atoms with Gasteiger partial charge in [-0.15, -0.1) is 0 Å². The molecule has 4 heteroatoms. The third kappa shape index (κ3) is 2.95. The maximum absolute atomic E-state index is 4.83. The first-order chi connectivity index (χ1) is 8.46. The highest BCUT2D eigenvalue weighted by Crippen LogP contribution is 2.46. The van der Waals surface area contributed by atoms with Crippen LogP contribution in [-0.4, -0.2) is 16.5 Å². The Balaban J connectivity index is 2.40. The van der Waals surface area contributed by atoms with Gasteiger partial charge in [0, 0.05) is 12.0 Å². The lowest BCUT2D eigenvalue weighted by Gasteiger charge is -2.16. The molecule has 1 aliphatic rings. The summed E-state index contributed by atoms with van der Waals surface area (Å²) >= 11 is 2.38. The Morgan fingerprint density at radius 3 is 2.50 bits per heavy atom. The van der Waals surface area contributed by atoms with Gasteiger partial charge in [-0.1, -0.05) is 20.8 Å². The summed E-state index contributed by atoms with van der Waals surface area (Å²) in [6.45, 7) is 9.76. The fourth-order valence-electron chi connectivity index (χ4n) is 1.98. The highest BCUT2D eigenvalue weighted by molar-refractivity contribution is 14.1. The van der Waals surface area contributed by atoms with Gasteiger partial charge >= 0.3 is 0 Å². The van der Waals surface area contributed by atoms with Crippen molar-refractivity contribution in [3.8, 4) is 0 Å². The molecule has 1 aromatic rings. The normalized spacial score (nSPS) is 17.0. The third-order valence-corrected chi connectivity index (χ3v) is 4.54. The van der Waals surface area contributed by atoms with Gasteiger partial charge in [-0.3, -0.25) is 0 Å². The van der Waals surface area contributed by atoms with Crippen molar-refractivity contribution in [1.29, 1.82) is 0 Å². The molecule has 1 aromatic heterocycles. The number of nitrogens with one attached hydrogen (secondary N) is 1. The average Bonchev–Trinajstić information content (AvgIpc) is 3.03. The van der Waals surface area contributed by atoms with Crippen LogP contribution in [0.2, 0.25) is 0 Å². The molecule has 0 atom stereocenters. The van der Waals surface area contributed by atoms with E-state index in [1.807, 2.05) is 0 Å². The molecule has 0 aliphatic heterocycles. The number of nitrogens with zero attached hydrogens (tertiary/aromatic N) is 2. The van der Waals surface area contributed by atoms with Crippen LogP contribution in [0.4, 0.5) is 5.82 Å². The molecule has 100 valence electrons. The van der Waals surface area contributed by atoms with Crippen molar-refractivity contribution in [2.75, 3.05) is 11.9 Å². The summed E-state index contributed by atoms with van der Waals surface area (Å²) in [5.41, 5.74) is 1.44. The van der Waals surface area contributed by atoms with Crippen LogP contribution < -0.4 is 5.32 Å². The van der Waals surface area contributed by atoms with Gasteiger partial charge in [0.15, 0.2) is 0 Å². The molecule has 1 saturated carbocycles. The molecule has 0 amide bonds. The number of rotatable bonds is 5. The van der Waals surface area contributed by atoms with Crippen LogP contribution in [0, 0.1) is 9.49 Å². The van der Waals surface area contributed by atoms with Gasteiger partial charge in [-0.2, -0.15) is 0 Å². The monoisotopic (exact) mass is 359 g/mol. The molecule has 0 unspecified atom stereocenters. The van der Waals surface area contributed by atoms with Gasteiger partial charge in [0.25, 0.3) is 0 Å². The minimum Gasteiger partial charge on any atom is -0.369 e. The second kappa shape index (κ2) is 5.31. The quantitative estimate of drug-likeness (QED) is 0.814. The smallest absolute Gasteiger partial charge is 0.143 e. The first-order valence-corrected chi connectivity index (χ1v) is 7.85. The van der Waals surface area contributed by atoms with Crippen molar-refractivity contribution in [3.05, 3.63) is 15.1 Å². The van der Waals surface area contributed by atoms with Crippen molar-refractivity contribution < 1.29 is 0 Å². The van der Waals surface area contributed by atoms with E-state index in [-0.39, 0.29) is 5.41 Å². The first-order valence-electron chi connectivity index (χ1n) is 6.77. The van der Waals surface area contributed by atoms with E-state index in [2.05, 4.69) is 55.6 Å². The van der Waals surface area contributed by atoms with E-state index < -0.39 is 0 Å². The summed E-state index contributed by atoms with van der Waals surface area (Å²) in [6, 6.07) is 0. The van der Waals surface area contributed by atoms with Crippen LogP contribution in [-0.2, 0) is 11.8 Å². The van der Waals surface area contributed by atoms with Crippen molar-refractivity contribution in [2.45, 2.75) is 52.4 Å². The molecule has 0 spiro atoms. The minimum absolute atomic E-state index is 0.236. The molecule has 18 heavy (non-hydrogen) atoms. The second-order valence-electron chi connectivity index (χ2n) is 5.85. The Labute approximate surface area is 123 Å². The van der Waals surface area contributed by atoms with Crippen LogP contribution in [0.3, 0.4) is 0 Å². The summed E-state index contributed by atoms with van der Waals surface area (Å²) in [5.74, 6) is 2.68. The SMILES string of the molecule is CCNc1nc(C2(C)CC2)nc(CC(C)C)c1I. The molecule has 3 nitrogen and oxygen atoms in total. The lowest BCUT2D eigenvalue weighted by atomic mass is 10.1. The van der Waals surface area contributed by atoms with Crippen molar-refractivity contribution in [1.82, 2.24) is 9.97 Å². The van der Waals surface area contributed by atoms with Gasteiger partial charge in [0.05, 0.1) is 9.26 Å². The maximum atomic E-state index is 4.83. The van der Waals surface area contributed by atoms with Crippen molar-refractivity contribution >= 4 is 28.4 Å². The van der Waals surface area contributed by atoms with Crippen LogP contribution in [0.5, 0.6) is 0 Å². The number of anilines is 1. The molecule has 0 saturated heterocycles. The number of hydrogen-bond acceptors (Lipinski definition) is 3. The van der Waals surface area contributed by atoms with Gasteiger partial charge in [0.2, 0.25) is 0 Å². The molecule has 1 aliphatic carbocycles. The zero-order chi connectivity index (χ0) is 13.3. The Morgan fingerprint density at radius 2 is 2.00 bits per heavy atom. The van der Waals surface area contributed by atoms with Gasteiger partial charge in [-0.25, -0.2) is 9.97 Å².